The van der Waals surface area contributed by atoms with Crippen LogP contribution in [0.25, 0.3) is 32.9 Å². The topological polar surface area (TPSA) is 16.4 Å². The molecule has 29 heavy (non-hydrogen) atoms. The molecule has 0 bridgehead atoms. The van der Waals surface area contributed by atoms with Crippen LogP contribution in [0.1, 0.15) is 0 Å². The zero-order valence-electron chi connectivity index (χ0n) is 16.6. The fourth-order valence-corrected chi connectivity index (χ4v) is 4.41. The molecule has 1 aliphatic heterocycles. The number of para-hydroxylation sites is 2. The van der Waals surface area contributed by atoms with Gasteiger partial charge in [0.05, 0.1) is 24.0 Å². The number of anilines is 1. The SMILES string of the molecule is C=CC[n+]1c2ccccc2c(-c2ccc(N3CCOCC3)cc2)c2ccccc21. The molecular weight excluding hydrogens is 356 g/mol. The smallest absolute Gasteiger partial charge is 0.213 e. The zero-order valence-corrected chi connectivity index (χ0v) is 16.6. The van der Waals surface area contributed by atoms with Gasteiger partial charge in [-0.2, -0.15) is 4.57 Å². The fourth-order valence-electron chi connectivity index (χ4n) is 4.41. The molecule has 0 amide bonds. The van der Waals surface area contributed by atoms with Crippen LogP contribution in [-0.2, 0) is 11.3 Å². The fraction of sp³-hybridized carbons (Fsp3) is 0.192. The lowest BCUT2D eigenvalue weighted by atomic mass is 9.95. The van der Waals surface area contributed by atoms with Crippen molar-refractivity contribution in [3.63, 3.8) is 0 Å². The van der Waals surface area contributed by atoms with Crippen molar-refractivity contribution in [2.24, 2.45) is 0 Å². The van der Waals surface area contributed by atoms with E-state index in [1.54, 1.807) is 0 Å². The summed E-state index contributed by atoms with van der Waals surface area (Å²) in [6, 6.07) is 26.4. The monoisotopic (exact) mass is 381 g/mol. The van der Waals surface area contributed by atoms with Gasteiger partial charge in [-0.25, -0.2) is 0 Å². The largest absolute Gasteiger partial charge is 0.378 e. The van der Waals surface area contributed by atoms with Crippen LogP contribution >= 0.6 is 0 Å². The highest BCUT2D eigenvalue weighted by Crippen LogP contribution is 2.35. The lowest BCUT2D eigenvalue weighted by Gasteiger charge is -2.29. The highest BCUT2D eigenvalue weighted by atomic mass is 16.5. The molecule has 4 aromatic rings. The number of benzene rings is 3. The molecule has 0 atom stereocenters. The summed E-state index contributed by atoms with van der Waals surface area (Å²) in [5.41, 5.74) is 6.28. The second-order valence-electron chi connectivity index (χ2n) is 7.45. The van der Waals surface area contributed by atoms with E-state index in [4.69, 9.17) is 4.74 Å². The van der Waals surface area contributed by atoms with Crippen LogP contribution in [0.5, 0.6) is 0 Å². The van der Waals surface area contributed by atoms with Gasteiger partial charge in [0.1, 0.15) is 0 Å². The molecule has 144 valence electrons. The predicted molar refractivity (Wildman–Crippen MR) is 120 cm³/mol. The Hall–Kier alpha value is -3.17. The first-order valence-electron chi connectivity index (χ1n) is 10.2. The average Bonchev–Trinajstić information content (AvgIpc) is 2.80. The summed E-state index contributed by atoms with van der Waals surface area (Å²) >= 11 is 0. The van der Waals surface area contributed by atoms with Gasteiger partial charge in [0.2, 0.25) is 11.0 Å². The van der Waals surface area contributed by atoms with Crippen LogP contribution in [0.3, 0.4) is 0 Å². The molecule has 1 aromatic heterocycles. The number of nitrogens with zero attached hydrogens (tertiary/aromatic N) is 2. The third kappa shape index (κ3) is 3.18. The normalized spacial score (nSPS) is 14.4. The van der Waals surface area contributed by atoms with E-state index in [2.05, 4.69) is 88.8 Å². The van der Waals surface area contributed by atoms with Gasteiger partial charge in [-0.3, -0.25) is 0 Å². The summed E-state index contributed by atoms with van der Waals surface area (Å²) in [7, 11) is 0. The van der Waals surface area contributed by atoms with Crippen molar-refractivity contribution in [2.45, 2.75) is 6.54 Å². The van der Waals surface area contributed by atoms with Crippen molar-refractivity contribution in [2.75, 3.05) is 31.2 Å². The van der Waals surface area contributed by atoms with E-state index < -0.39 is 0 Å². The van der Waals surface area contributed by atoms with Crippen molar-refractivity contribution in [3.05, 3.63) is 85.5 Å². The lowest BCUT2D eigenvalue weighted by molar-refractivity contribution is -0.634. The van der Waals surface area contributed by atoms with Crippen LogP contribution < -0.4 is 9.47 Å². The Morgan fingerprint density at radius 2 is 1.41 bits per heavy atom. The summed E-state index contributed by atoms with van der Waals surface area (Å²) in [4.78, 5) is 2.40. The molecule has 1 aliphatic rings. The Labute approximate surface area is 171 Å². The van der Waals surface area contributed by atoms with E-state index in [0.29, 0.717) is 0 Å². The zero-order chi connectivity index (χ0) is 19.6. The number of allylic oxidation sites excluding steroid dienone is 1. The van der Waals surface area contributed by atoms with E-state index in [1.165, 1.54) is 38.6 Å². The molecule has 0 spiro atoms. The predicted octanol–water partition coefficient (Wildman–Crippen LogP) is 4.97. The molecule has 1 fully saturated rings. The molecule has 5 rings (SSSR count). The molecule has 0 aliphatic carbocycles. The molecular formula is C26H25N2O+. The minimum atomic E-state index is 0.789. The number of aromatic nitrogens is 1. The first kappa shape index (κ1) is 17.9. The molecule has 0 saturated carbocycles. The average molecular weight is 381 g/mol. The van der Waals surface area contributed by atoms with Crippen molar-refractivity contribution in [3.8, 4) is 11.1 Å². The van der Waals surface area contributed by atoms with E-state index in [-0.39, 0.29) is 0 Å². The van der Waals surface area contributed by atoms with E-state index in [0.717, 1.165) is 32.8 Å². The molecule has 3 heteroatoms. The summed E-state index contributed by atoms with van der Waals surface area (Å²) in [5, 5.41) is 2.54. The van der Waals surface area contributed by atoms with Crippen LogP contribution in [-0.4, -0.2) is 26.3 Å². The van der Waals surface area contributed by atoms with Crippen LogP contribution in [0.15, 0.2) is 85.5 Å². The minimum absolute atomic E-state index is 0.789. The summed E-state index contributed by atoms with van der Waals surface area (Å²) < 4.78 is 7.84. The number of hydrogen-bond acceptors (Lipinski definition) is 2. The van der Waals surface area contributed by atoms with Gasteiger partial charge in [0.25, 0.3) is 0 Å². The quantitative estimate of drug-likeness (QED) is 0.282. The molecule has 0 N–H and O–H groups in total. The van der Waals surface area contributed by atoms with Crippen molar-refractivity contribution in [1.29, 1.82) is 0 Å². The first-order chi connectivity index (χ1) is 14.4. The molecule has 3 nitrogen and oxygen atoms in total. The maximum Gasteiger partial charge on any atom is 0.213 e. The molecule has 2 heterocycles. The number of morpholine rings is 1. The first-order valence-corrected chi connectivity index (χ1v) is 10.2. The van der Waals surface area contributed by atoms with E-state index in [9.17, 15) is 0 Å². The number of fused-ring (bicyclic) bond motifs is 2. The van der Waals surface area contributed by atoms with Gasteiger partial charge in [0, 0.05) is 36.5 Å². The highest BCUT2D eigenvalue weighted by Gasteiger charge is 2.20. The third-order valence-corrected chi connectivity index (χ3v) is 5.77. The lowest BCUT2D eigenvalue weighted by Crippen LogP contribution is -2.36. The van der Waals surface area contributed by atoms with E-state index >= 15 is 0 Å². The van der Waals surface area contributed by atoms with Gasteiger partial charge in [-0.1, -0.05) is 43.0 Å². The van der Waals surface area contributed by atoms with Gasteiger partial charge in [0.15, 0.2) is 6.54 Å². The molecule has 0 radical (unpaired) electrons. The molecule has 1 saturated heterocycles. The van der Waals surface area contributed by atoms with Crippen molar-refractivity contribution >= 4 is 27.5 Å². The second kappa shape index (κ2) is 7.69. The molecule has 3 aromatic carbocycles. The maximum atomic E-state index is 5.49. The second-order valence-corrected chi connectivity index (χ2v) is 7.45. The van der Waals surface area contributed by atoms with Crippen LogP contribution in [0.4, 0.5) is 5.69 Å². The van der Waals surface area contributed by atoms with Gasteiger partial charge in [-0.15, -0.1) is 0 Å². The minimum Gasteiger partial charge on any atom is -0.378 e. The Morgan fingerprint density at radius 3 is 2.00 bits per heavy atom. The van der Waals surface area contributed by atoms with Crippen LogP contribution in [0.2, 0.25) is 0 Å². The van der Waals surface area contributed by atoms with E-state index in [1.807, 2.05) is 6.08 Å². The van der Waals surface area contributed by atoms with Gasteiger partial charge in [-0.05, 0) is 35.9 Å². The number of hydrogen-bond donors (Lipinski definition) is 0. The highest BCUT2D eigenvalue weighted by molar-refractivity contribution is 6.07. The Bertz CT molecular complexity index is 1120. The Kier molecular flexibility index (Phi) is 4.74. The van der Waals surface area contributed by atoms with Crippen molar-refractivity contribution in [1.82, 2.24) is 0 Å². The summed E-state index contributed by atoms with van der Waals surface area (Å²) in [5.74, 6) is 0. The standard InChI is InChI=1S/C26H25N2O/c1-2-15-28-24-9-5-3-7-22(24)26(23-8-4-6-10-25(23)28)20-11-13-21(14-12-20)27-16-18-29-19-17-27/h2-14H,1,15-19H2/q+1. The van der Waals surface area contributed by atoms with Crippen molar-refractivity contribution < 1.29 is 9.30 Å². The van der Waals surface area contributed by atoms with Gasteiger partial charge >= 0.3 is 0 Å². The van der Waals surface area contributed by atoms with Gasteiger partial charge < -0.3 is 9.64 Å². The molecule has 0 unspecified atom stereocenters. The third-order valence-electron chi connectivity index (χ3n) is 5.77. The van der Waals surface area contributed by atoms with Crippen LogP contribution in [0, 0.1) is 0 Å². The Morgan fingerprint density at radius 1 is 0.828 bits per heavy atom. The maximum absolute atomic E-state index is 5.49. The number of pyridine rings is 1. The summed E-state index contributed by atoms with van der Waals surface area (Å²) in [6.45, 7) is 8.28. The number of rotatable bonds is 4. The number of ether oxygens (including phenoxy) is 1. The summed E-state index contributed by atoms with van der Waals surface area (Å²) in [6.07, 6.45) is 1.97. The Balaban J connectivity index is 1.71.